The van der Waals surface area contributed by atoms with Crippen LogP contribution in [0.5, 0.6) is 0 Å². The molecule has 35 heavy (non-hydrogen) atoms. The molecular weight excluding hydrogens is 442 g/mol. The second-order valence-electron chi connectivity index (χ2n) is 8.22. The van der Waals surface area contributed by atoms with Crippen molar-refractivity contribution in [3.63, 3.8) is 0 Å². The largest absolute Gasteiger partial charge is 0.478 e. The predicted molar refractivity (Wildman–Crippen MR) is 134 cm³/mol. The Kier molecular flexibility index (Phi) is 6.36. The van der Waals surface area contributed by atoms with E-state index < -0.39 is 17.4 Å². The van der Waals surface area contributed by atoms with Gasteiger partial charge in [-0.3, -0.25) is 4.79 Å². The Labute approximate surface area is 202 Å². The van der Waals surface area contributed by atoms with Crippen molar-refractivity contribution in [2.24, 2.45) is 10.9 Å². The Morgan fingerprint density at radius 2 is 1.37 bits per heavy atom. The first-order valence-corrected chi connectivity index (χ1v) is 11.0. The molecule has 0 fully saturated rings. The summed E-state index contributed by atoms with van der Waals surface area (Å²) in [5.74, 6) is 4.09. The summed E-state index contributed by atoms with van der Waals surface area (Å²) in [7, 11) is 0. The summed E-state index contributed by atoms with van der Waals surface area (Å²) in [6.07, 6.45) is 0. The molecule has 0 bridgehead atoms. The van der Waals surface area contributed by atoms with Gasteiger partial charge in [-0.25, -0.2) is 4.79 Å². The monoisotopic (exact) mass is 467 g/mol. The maximum Gasteiger partial charge on any atom is 0.335 e. The third-order valence-corrected chi connectivity index (χ3v) is 6.11. The number of rotatable bonds is 7. The Hall–Kier alpha value is -4.49. The summed E-state index contributed by atoms with van der Waals surface area (Å²) in [5.41, 5.74) is 1.55. The van der Waals surface area contributed by atoms with Crippen molar-refractivity contribution in [3.8, 4) is 5.69 Å². The fraction of sp³-hybridized carbons (Fsp3) is 0.107. The maximum absolute atomic E-state index is 14.0. The molecule has 7 heteroatoms. The topological polar surface area (TPSA) is 118 Å². The lowest BCUT2D eigenvalue weighted by Crippen LogP contribution is -2.42. The van der Waals surface area contributed by atoms with Crippen LogP contribution in [0.4, 0.5) is 0 Å². The number of ketones is 1. The molecule has 7 nitrogen and oxygen atoms in total. The van der Waals surface area contributed by atoms with E-state index in [0.29, 0.717) is 22.4 Å². The summed E-state index contributed by atoms with van der Waals surface area (Å²) < 4.78 is 1.88. The normalized spacial score (nSPS) is 11.9. The quantitative estimate of drug-likeness (QED) is 0.216. The van der Waals surface area contributed by atoms with Gasteiger partial charge in [0.1, 0.15) is 5.71 Å². The minimum Gasteiger partial charge on any atom is -0.478 e. The molecule has 0 aliphatic rings. The smallest absolute Gasteiger partial charge is 0.335 e. The Morgan fingerprint density at radius 3 is 1.83 bits per heavy atom. The molecule has 176 valence electrons. The highest BCUT2D eigenvalue weighted by Crippen LogP contribution is 2.33. The van der Waals surface area contributed by atoms with E-state index in [4.69, 9.17) is 5.84 Å². The van der Waals surface area contributed by atoms with Gasteiger partial charge in [-0.15, -0.1) is 0 Å². The fourth-order valence-electron chi connectivity index (χ4n) is 4.36. The van der Waals surface area contributed by atoms with Gasteiger partial charge in [-0.05, 0) is 55.3 Å². The molecule has 0 aliphatic carbocycles. The zero-order chi connectivity index (χ0) is 25.2. The van der Waals surface area contributed by atoms with Gasteiger partial charge >= 0.3 is 5.97 Å². The lowest BCUT2D eigenvalue weighted by atomic mass is 9.80. The van der Waals surface area contributed by atoms with Crippen molar-refractivity contribution < 1.29 is 19.8 Å². The number of benzene rings is 3. The van der Waals surface area contributed by atoms with Gasteiger partial charge in [0.05, 0.1) is 5.56 Å². The van der Waals surface area contributed by atoms with E-state index >= 15 is 0 Å². The Bertz CT molecular complexity index is 1370. The van der Waals surface area contributed by atoms with Gasteiger partial charge in [0.15, 0.2) is 5.60 Å². The number of nitrogens with zero attached hydrogens (tertiary/aromatic N) is 2. The average molecular weight is 468 g/mol. The molecule has 0 aliphatic heterocycles. The molecule has 3 aromatic carbocycles. The molecular formula is C28H25N3O4. The summed E-state index contributed by atoms with van der Waals surface area (Å²) in [6, 6.07) is 25.6. The van der Waals surface area contributed by atoms with E-state index in [1.807, 2.05) is 18.4 Å². The maximum atomic E-state index is 14.0. The number of carbonyl (C=O) groups excluding carboxylic acids is 1. The number of aliphatic hydroxyl groups is 1. The van der Waals surface area contributed by atoms with Crippen LogP contribution in [-0.4, -0.2) is 32.2 Å². The van der Waals surface area contributed by atoms with Gasteiger partial charge in [-0.1, -0.05) is 60.7 Å². The van der Waals surface area contributed by atoms with Crippen molar-refractivity contribution in [1.29, 1.82) is 0 Å². The molecule has 1 aromatic heterocycles. The molecule has 0 atom stereocenters. The molecule has 0 unspecified atom stereocenters. The van der Waals surface area contributed by atoms with Crippen molar-refractivity contribution in [2.45, 2.75) is 19.4 Å². The van der Waals surface area contributed by atoms with Crippen LogP contribution in [-0.2, 0) is 10.4 Å². The number of hydrogen-bond donors (Lipinski definition) is 3. The third-order valence-electron chi connectivity index (χ3n) is 6.11. The van der Waals surface area contributed by atoms with E-state index in [0.717, 1.165) is 11.4 Å². The molecule has 0 amide bonds. The van der Waals surface area contributed by atoms with Crippen LogP contribution < -0.4 is 5.84 Å². The van der Waals surface area contributed by atoms with Gasteiger partial charge < -0.3 is 20.6 Å². The second kappa shape index (κ2) is 9.40. The van der Waals surface area contributed by atoms with Crippen molar-refractivity contribution in [2.75, 3.05) is 0 Å². The average Bonchev–Trinajstić information content (AvgIpc) is 3.18. The summed E-state index contributed by atoms with van der Waals surface area (Å²) >= 11 is 0. The van der Waals surface area contributed by atoms with E-state index in [-0.39, 0.29) is 11.3 Å². The first-order chi connectivity index (χ1) is 16.8. The fourth-order valence-corrected chi connectivity index (χ4v) is 4.36. The van der Waals surface area contributed by atoms with E-state index in [1.165, 1.54) is 12.1 Å². The van der Waals surface area contributed by atoms with Crippen LogP contribution in [0.3, 0.4) is 0 Å². The molecule has 4 rings (SSSR count). The molecule has 0 radical (unpaired) electrons. The number of carboxylic acids is 1. The molecule has 1 heterocycles. The number of hydrazone groups is 1. The summed E-state index contributed by atoms with van der Waals surface area (Å²) in [6.45, 7) is 3.68. The van der Waals surface area contributed by atoms with Crippen LogP contribution in [0.25, 0.3) is 5.69 Å². The van der Waals surface area contributed by atoms with Crippen molar-refractivity contribution in [1.82, 2.24) is 4.57 Å². The lowest BCUT2D eigenvalue weighted by molar-refractivity contribution is -0.127. The number of carbonyl (C=O) groups is 2. The highest BCUT2D eigenvalue weighted by Gasteiger charge is 2.43. The predicted octanol–water partition coefficient (Wildman–Crippen LogP) is 3.96. The molecule has 0 saturated heterocycles. The Balaban J connectivity index is 1.83. The number of Topliss-reactive ketones (excluding diaryl/α,β-unsaturated/α-hetero) is 1. The number of aryl methyl sites for hydroxylation is 1. The van der Waals surface area contributed by atoms with Gasteiger partial charge in [0.2, 0.25) is 5.78 Å². The van der Waals surface area contributed by atoms with E-state index in [9.17, 15) is 19.8 Å². The zero-order valence-electron chi connectivity index (χ0n) is 19.3. The minimum absolute atomic E-state index is 0.0679. The van der Waals surface area contributed by atoms with E-state index in [1.54, 1.807) is 78.9 Å². The van der Waals surface area contributed by atoms with Crippen LogP contribution in [0, 0.1) is 13.8 Å². The van der Waals surface area contributed by atoms with Crippen LogP contribution >= 0.6 is 0 Å². The number of hydrogen-bond acceptors (Lipinski definition) is 5. The molecule has 0 saturated carbocycles. The number of carboxylic acid groups (broad SMARTS) is 1. The second-order valence-corrected chi connectivity index (χ2v) is 8.22. The third kappa shape index (κ3) is 4.13. The minimum atomic E-state index is -2.01. The van der Waals surface area contributed by atoms with E-state index in [2.05, 4.69) is 5.10 Å². The van der Waals surface area contributed by atoms with Gasteiger partial charge in [0, 0.05) is 22.6 Å². The molecule has 0 spiro atoms. The number of aromatic nitrogens is 1. The summed E-state index contributed by atoms with van der Waals surface area (Å²) in [5, 5.41) is 24.9. The molecule has 4 aromatic rings. The lowest BCUT2D eigenvalue weighted by Gasteiger charge is -2.28. The zero-order valence-corrected chi connectivity index (χ0v) is 19.3. The molecule has 4 N–H and O–H groups in total. The highest BCUT2D eigenvalue weighted by atomic mass is 16.4. The Morgan fingerprint density at radius 1 is 0.857 bits per heavy atom. The standard InChI is InChI=1S/C28H25N3O4/c1-18-17-24(19(2)31(18)23-15-13-20(14-16-23)27(33)34)25(30-29)26(32)28(35,21-9-5-3-6-10-21)22-11-7-4-8-12-22/h3-17,35H,29H2,1-2H3,(H,33,34)/b30-25+. The highest BCUT2D eigenvalue weighted by molar-refractivity contribution is 6.49. The van der Waals surface area contributed by atoms with Crippen LogP contribution in [0.2, 0.25) is 0 Å². The number of aromatic carboxylic acids is 1. The van der Waals surface area contributed by atoms with Crippen molar-refractivity contribution >= 4 is 17.5 Å². The number of nitrogens with two attached hydrogens (primary N) is 1. The van der Waals surface area contributed by atoms with Crippen LogP contribution in [0.15, 0.2) is 96.1 Å². The van der Waals surface area contributed by atoms with Crippen LogP contribution in [0.1, 0.15) is 38.4 Å². The summed E-state index contributed by atoms with van der Waals surface area (Å²) in [4.78, 5) is 25.2. The van der Waals surface area contributed by atoms with Crippen molar-refractivity contribution in [3.05, 3.63) is 125 Å². The SMILES string of the molecule is Cc1cc(/C(=N\N)C(=O)C(O)(c2ccccc2)c2ccccc2)c(C)n1-c1ccc(C(=O)O)cc1. The van der Waals surface area contributed by atoms with Gasteiger partial charge in [-0.2, -0.15) is 5.10 Å². The first kappa shape index (κ1) is 23.7. The first-order valence-electron chi connectivity index (χ1n) is 11.0. The van der Waals surface area contributed by atoms with Gasteiger partial charge in [0.25, 0.3) is 0 Å².